The van der Waals surface area contributed by atoms with Gasteiger partial charge in [-0.2, -0.15) is 0 Å². The Bertz CT molecular complexity index is 515. The van der Waals surface area contributed by atoms with Crippen molar-refractivity contribution >= 4 is 0 Å². The lowest BCUT2D eigenvalue weighted by atomic mass is 9.68. The third kappa shape index (κ3) is 2.61. The van der Waals surface area contributed by atoms with Crippen molar-refractivity contribution in [2.75, 3.05) is 6.54 Å². The minimum absolute atomic E-state index is 0.320. The fourth-order valence-electron chi connectivity index (χ4n) is 4.93. The molecule has 1 unspecified atom stereocenters. The van der Waals surface area contributed by atoms with Crippen molar-refractivity contribution in [1.82, 2.24) is 5.32 Å². The van der Waals surface area contributed by atoms with Crippen LogP contribution in [-0.4, -0.2) is 12.6 Å². The van der Waals surface area contributed by atoms with E-state index < -0.39 is 11.6 Å². The lowest BCUT2D eigenvalue weighted by Gasteiger charge is -2.43. The highest BCUT2D eigenvalue weighted by atomic mass is 19.1. The van der Waals surface area contributed by atoms with Gasteiger partial charge < -0.3 is 5.32 Å². The number of rotatable bonds is 4. The van der Waals surface area contributed by atoms with Gasteiger partial charge in [0.2, 0.25) is 0 Å². The molecule has 1 nitrogen and oxygen atoms in total. The van der Waals surface area contributed by atoms with Crippen molar-refractivity contribution in [3.05, 3.63) is 35.4 Å². The highest BCUT2D eigenvalue weighted by molar-refractivity contribution is 5.18. The van der Waals surface area contributed by atoms with Crippen LogP contribution in [0.3, 0.4) is 0 Å². The smallest absolute Gasteiger partial charge is 0.126 e. The molecule has 3 atom stereocenters. The summed E-state index contributed by atoms with van der Waals surface area (Å²) in [5.41, 5.74) is 1.44. The molecule has 21 heavy (non-hydrogen) atoms. The first kappa shape index (κ1) is 15.0. The Kier molecular flexibility index (Phi) is 3.59. The first-order valence-corrected chi connectivity index (χ1v) is 8.00. The molecule has 0 heterocycles. The maximum Gasteiger partial charge on any atom is 0.126 e. The molecule has 2 bridgehead atoms. The quantitative estimate of drug-likeness (QED) is 0.872. The van der Waals surface area contributed by atoms with E-state index in [2.05, 4.69) is 26.1 Å². The standard InChI is InChI=1S/C18H25F2N/c1-17(2)13-4-6-18(3,11-13)16(17)21-7-5-12-8-14(19)10-15(20)9-12/h8-10,13,16,21H,4-7,11H2,1-3H3/t13-,16?,18+/m0/s1. The molecule has 2 saturated carbocycles. The summed E-state index contributed by atoms with van der Waals surface area (Å²) in [5.74, 6) is -0.166. The SMILES string of the molecule is CC1(C)C(NCCc2cc(F)cc(F)c2)[C@]2(C)CC[C@H]1C2. The molecule has 3 rings (SSSR count). The predicted octanol–water partition coefficient (Wildman–Crippen LogP) is 4.31. The van der Waals surface area contributed by atoms with Crippen LogP contribution in [0.4, 0.5) is 8.78 Å². The monoisotopic (exact) mass is 293 g/mol. The molecule has 0 saturated heterocycles. The van der Waals surface area contributed by atoms with E-state index in [-0.39, 0.29) is 0 Å². The second kappa shape index (κ2) is 5.05. The van der Waals surface area contributed by atoms with Crippen molar-refractivity contribution in [2.24, 2.45) is 16.7 Å². The number of hydrogen-bond acceptors (Lipinski definition) is 1. The zero-order chi connectivity index (χ0) is 15.3. The van der Waals surface area contributed by atoms with E-state index in [1.807, 2.05) is 0 Å². The Balaban J connectivity index is 1.63. The van der Waals surface area contributed by atoms with E-state index in [1.165, 1.54) is 31.4 Å². The van der Waals surface area contributed by atoms with Gasteiger partial charge in [-0.15, -0.1) is 0 Å². The summed E-state index contributed by atoms with van der Waals surface area (Å²) in [6.07, 6.45) is 4.62. The lowest BCUT2D eigenvalue weighted by Crippen LogP contribution is -2.50. The number of nitrogens with one attached hydrogen (secondary N) is 1. The van der Waals surface area contributed by atoms with Crippen LogP contribution in [-0.2, 0) is 6.42 Å². The molecule has 0 spiro atoms. The second-order valence-corrected chi connectivity index (χ2v) is 7.83. The Morgan fingerprint density at radius 2 is 1.81 bits per heavy atom. The molecule has 1 aromatic carbocycles. The van der Waals surface area contributed by atoms with Gasteiger partial charge in [0.15, 0.2) is 0 Å². The summed E-state index contributed by atoms with van der Waals surface area (Å²) in [5, 5.41) is 3.69. The van der Waals surface area contributed by atoms with E-state index >= 15 is 0 Å². The summed E-state index contributed by atoms with van der Waals surface area (Å²) in [6.45, 7) is 7.89. The van der Waals surface area contributed by atoms with Crippen LogP contribution in [0.15, 0.2) is 18.2 Å². The molecular weight excluding hydrogens is 268 g/mol. The Hall–Kier alpha value is -0.960. The van der Waals surface area contributed by atoms with E-state index in [9.17, 15) is 8.78 Å². The fraction of sp³-hybridized carbons (Fsp3) is 0.667. The molecule has 1 N–H and O–H groups in total. The van der Waals surface area contributed by atoms with Crippen LogP contribution in [0, 0.1) is 28.4 Å². The van der Waals surface area contributed by atoms with Crippen molar-refractivity contribution in [3.8, 4) is 0 Å². The van der Waals surface area contributed by atoms with Crippen molar-refractivity contribution in [1.29, 1.82) is 0 Å². The van der Waals surface area contributed by atoms with E-state index in [1.54, 1.807) is 0 Å². The van der Waals surface area contributed by atoms with E-state index in [0.29, 0.717) is 23.3 Å². The number of fused-ring (bicyclic) bond motifs is 2. The summed E-state index contributed by atoms with van der Waals surface area (Å²) in [6, 6.07) is 4.29. The molecule has 1 aromatic rings. The first-order valence-electron chi connectivity index (χ1n) is 8.00. The van der Waals surface area contributed by atoms with Crippen LogP contribution in [0.25, 0.3) is 0 Å². The molecule has 0 aliphatic heterocycles. The molecular formula is C18H25F2N. The van der Waals surface area contributed by atoms with Gasteiger partial charge in [-0.25, -0.2) is 8.78 Å². The van der Waals surface area contributed by atoms with Crippen LogP contribution in [0.2, 0.25) is 0 Å². The average Bonchev–Trinajstić information content (AvgIpc) is 2.83. The highest BCUT2D eigenvalue weighted by Crippen LogP contribution is 2.62. The van der Waals surface area contributed by atoms with Crippen molar-refractivity contribution < 1.29 is 8.78 Å². The van der Waals surface area contributed by atoms with Crippen LogP contribution in [0.5, 0.6) is 0 Å². The Morgan fingerprint density at radius 3 is 2.38 bits per heavy atom. The summed E-state index contributed by atoms with van der Waals surface area (Å²) >= 11 is 0. The number of halogens is 2. The van der Waals surface area contributed by atoms with Gasteiger partial charge >= 0.3 is 0 Å². The summed E-state index contributed by atoms with van der Waals surface area (Å²) < 4.78 is 26.4. The minimum atomic E-state index is -0.489. The van der Waals surface area contributed by atoms with Gasteiger partial charge in [0.1, 0.15) is 11.6 Å². The van der Waals surface area contributed by atoms with Crippen LogP contribution < -0.4 is 5.32 Å². The molecule has 0 aromatic heterocycles. The fourth-order valence-corrected chi connectivity index (χ4v) is 4.93. The second-order valence-electron chi connectivity index (χ2n) is 7.83. The van der Waals surface area contributed by atoms with Crippen molar-refractivity contribution in [3.63, 3.8) is 0 Å². The van der Waals surface area contributed by atoms with E-state index in [0.717, 1.165) is 24.1 Å². The van der Waals surface area contributed by atoms with Gasteiger partial charge in [0, 0.05) is 12.1 Å². The molecule has 116 valence electrons. The Morgan fingerprint density at radius 1 is 1.14 bits per heavy atom. The molecule has 0 amide bonds. The summed E-state index contributed by atoms with van der Waals surface area (Å²) in [4.78, 5) is 0. The topological polar surface area (TPSA) is 12.0 Å². The lowest BCUT2D eigenvalue weighted by molar-refractivity contribution is 0.110. The molecule has 0 radical (unpaired) electrons. The van der Waals surface area contributed by atoms with Gasteiger partial charge in [-0.05, 0) is 66.7 Å². The largest absolute Gasteiger partial charge is 0.313 e. The highest BCUT2D eigenvalue weighted by Gasteiger charge is 2.58. The molecule has 3 heteroatoms. The molecule has 2 fully saturated rings. The third-order valence-corrected chi connectivity index (χ3v) is 5.95. The van der Waals surface area contributed by atoms with Crippen molar-refractivity contribution in [2.45, 2.75) is 52.5 Å². The number of benzene rings is 1. The molecule has 2 aliphatic rings. The Labute approximate surface area is 126 Å². The van der Waals surface area contributed by atoms with Gasteiger partial charge in [-0.3, -0.25) is 0 Å². The minimum Gasteiger partial charge on any atom is -0.313 e. The third-order valence-electron chi connectivity index (χ3n) is 5.95. The maximum absolute atomic E-state index is 13.2. The molecule has 2 aliphatic carbocycles. The van der Waals surface area contributed by atoms with Crippen LogP contribution in [0.1, 0.15) is 45.6 Å². The first-order chi connectivity index (χ1) is 9.81. The zero-order valence-electron chi connectivity index (χ0n) is 13.2. The van der Waals surface area contributed by atoms with Gasteiger partial charge in [0.05, 0.1) is 0 Å². The van der Waals surface area contributed by atoms with Gasteiger partial charge in [-0.1, -0.05) is 20.8 Å². The number of hydrogen-bond donors (Lipinski definition) is 1. The normalized spacial score (nSPS) is 33.6. The zero-order valence-corrected chi connectivity index (χ0v) is 13.2. The predicted molar refractivity (Wildman–Crippen MR) is 81.1 cm³/mol. The maximum atomic E-state index is 13.2. The summed E-state index contributed by atoms with van der Waals surface area (Å²) in [7, 11) is 0. The average molecular weight is 293 g/mol. The van der Waals surface area contributed by atoms with E-state index in [4.69, 9.17) is 0 Å². The van der Waals surface area contributed by atoms with Crippen LogP contribution >= 0.6 is 0 Å². The van der Waals surface area contributed by atoms with Gasteiger partial charge in [0.25, 0.3) is 0 Å².